The number of fused-ring (bicyclic) bond motifs is 1. The van der Waals surface area contributed by atoms with Crippen LogP contribution in [0.15, 0.2) is 24.3 Å². The van der Waals surface area contributed by atoms with E-state index in [4.69, 9.17) is 10.2 Å². The Bertz CT molecular complexity index is 654. The average Bonchev–Trinajstić information content (AvgIpc) is 2.61. The molecule has 2 N–H and O–H groups in total. The van der Waals surface area contributed by atoms with Gasteiger partial charge < -0.3 is 14.9 Å². The summed E-state index contributed by atoms with van der Waals surface area (Å²) in [7, 11) is 0. The zero-order valence-corrected chi connectivity index (χ0v) is 9.25. The lowest BCUT2D eigenvalue weighted by molar-refractivity contribution is -0.133. The van der Waals surface area contributed by atoms with Gasteiger partial charge >= 0.3 is 23.9 Å². The number of benzene rings is 1. The number of carbonyl (C=O) groups excluding carboxylic acids is 2. The van der Waals surface area contributed by atoms with Crippen LogP contribution in [0.5, 0.6) is 0 Å². The van der Waals surface area contributed by atoms with Gasteiger partial charge in [0.25, 0.3) is 0 Å². The van der Waals surface area contributed by atoms with E-state index in [1.807, 2.05) is 0 Å². The summed E-state index contributed by atoms with van der Waals surface area (Å²) in [6.45, 7) is 0. The van der Waals surface area contributed by atoms with E-state index < -0.39 is 29.5 Å². The molecule has 0 fully saturated rings. The highest BCUT2D eigenvalue weighted by Crippen LogP contribution is 2.24. The van der Waals surface area contributed by atoms with Crippen LogP contribution in [0.2, 0.25) is 0 Å². The van der Waals surface area contributed by atoms with Gasteiger partial charge in [-0.15, -0.1) is 0 Å². The molecule has 2 rings (SSSR count). The van der Waals surface area contributed by atoms with E-state index in [2.05, 4.69) is 4.74 Å². The fourth-order valence-electron chi connectivity index (χ4n) is 1.64. The first-order valence-corrected chi connectivity index (χ1v) is 4.99. The molecule has 0 bridgehead atoms. The van der Waals surface area contributed by atoms with Crippen LogP contribution in [-0.4, -0.2) is 34.1 Å². The van der Waals surface area contributed by atoms with Gasteiger partial charge in [0.15, 0.2) is 0 Å². The minimum absolute atomic E-state index is 0.000278. The van der Waals surface area contributed by atoms with Crippen molar-refractivity contribution < 1.29 is 34.1 Å². The predicted molar refractivity (Wildman–Crippen MR) is 59.4 cm³/mol. The Kier molecular flexibility index (Phi) is 2.88. The van der Waals surface area contributed by atoms with Crippen molar-refractivity contribution in [1.29, 1.82) is 0 Å². The van der Waals surface area contributed by atoms with Crippen LogP contribution in [-0.2, 0) is 14.3 Å². The van der Waals surface area contributed by atoms with Crippen LogP contribution < -0.4 is 0 Å². The van der Waals surface area contributed by atoms with Crippen LogP contribution in [0.1, 0.15) is 26.3 Å². The Labute approximate surface area is 105 Å². The Balaban J connectivity index is 2.56. The van der Waals surface area contributed by atoms with Crippen molar-refractivity contribution in [3.63, 3.8) is 0 Å². The van der Waals surface area contributed by atoms with Gasteiger partial charge in [0, 0.05) is 6.08 Å². The van der Waals surface area contributed by atoms with E-state index in [9.17, 15) is 19.2 Å². The van der Waals surface area contributed by atoms with Gasteiger partial charge in [-0.05, 0) is 17.7 Å². The molecule has 1 aliphatic heterocycles. The number of cyclic esters (lactones) is 2. The Morgan fingerprint density at radius 2 is 1.68 bits per heavy atom. The van der Waals surface area contributed by atoms with E-state index in [1.54, 1.807) is 0 Å². The van der Waals surface area contributed by atoms with Gasteiger partial charge in [-0.1, -0.05) is 6.07 Å². The molecule has 7 nitrogen and oxygen atoms in total. The summed E-state index contributed by atoms with van der Waals surface area (Å²) >= 11 is 0. The minimum atomic E-state index is -1.46. The van der Waals surface area contributed by atoms with Gasteiger partial charge in [0.05, 0.1) is 16.7 Å². The Hall–Kier alpha value is -2.96. The molecule has 0 spiro atoms. The second kappa shape index (κ2) is 4.37. The van der Waals surface area contributed by atoms with Gasteiger partial charge in [-0.3, -0.25) is 0 Å². The van der Waals surface area contributed by atoms with E-state index in [0.29, 0.717) is 6.08 Å². The molecular weight excluding hydrogens is 256 g/mol. The molecular formula is C12H6O7. The van der Waals surface area contributed by atoms with Crippen LogP contribution in [0.25, 0.3) is 5.57 Å². The second-order valence-corrected chi connectivity index (χ2v) is 3.64. The quantitative estimate of drug-likeness (QED) is 0.463. The van der Waals surface area contributed by atoms with Crippen LogP contribution in [0.3, 0.4) is 0 Å². The first-order chi connectivity index (χ1) is 8.90. The summed E-state index contributed by atoms with van der Waals surface area (Å²) in [5.41, 5.74) is -0.559. The third kappa shape index (κ3) is 2.21. The summed E-state index contributed by atoms with van der Waals surface area (Å²) in [5, 5.41) is 17.5. The maximum atomic E-state index is 11.3. The van der Waals surface area contributed by atoms with Gasteiger partial charge in [-0.25, -0.2) is 19.2 Å². The Morgan fingerprint density at radius 1 is 1.05 bits per heavy atom. The fourth-order valence-corrected chi connectivity index (χ4v) is 1.64. The fraction of sp³-hybridized carbons (Fsp3) is 0. The van der Waals surface area contributed by atoms with E-state index >= 15 is 0 Å². The van der Waals surface area contributed by atoms with E-state index in [-0.39, 0.29) is 16.7 Å². The minimum Gasteiger partial charge on any atom is -0.478 e. The standard InChI is InChI=1S/C12H6O7/c13-9(14)4-7(10(15)16)5-1-2-6-8(3-5)12(18)19-11(6)17/h1-4H,(H,13,14)(H,15,16)/b7-4-. The number of hydrogen-bond acceptors (Lipinski definition) is 5. The third-order valence-electron chi connectivity index (χ3n) is 2.45. The number of ether oxygens (including phenoxy) is 1. The molecule has 1 aromatic carbocycles. The van der Waals surface area contributed by atoms with Crippen molar-refractivity contribution in [1.82, 2.24) is 0 Å². The zero-order chi connectivity index (χ0) is 14.2. The molecule has 0 atom stereocenters. The summed E-state index contributed by atoms with van der Waals surface area (Å²) in [6, 6.07) is 3.57. The molecule has 0 saturated heterocycles. The lowest BCUT2D eigenvalue weighted by Crippen LogP contribution is -2.04. The highest BCUT2D eigenvalue weighted by molar-refractivity contribution is 6.21. The first kappa shape index (κ1) is 12.5. The number of rotatable bonds is 3. The monoisotopic (exact) mass is 262 g/mol. The molecule has 0 radical (unpaired) electrons. The molecule has 1 heterocycles. The largest absolute Gasteiger partial charge is 0.478 e. The predicted octanol–water partition coefficient (Wildman–Crippen LogP) is 0.550. The van der Waals surface area contributed by atoms with Crippen LogP contribution in [0, 0.1) is 0 Å². The number of aliphatic carboxylic acids is 2. The van der Waals surface area contributed by atoms with Crippen molar-refractivity contribution in [3.05, 3.63) is 41.0 Å². The highest BCUT2D eigenvalue weighted by atomic mass is 16.6. The maximum Gasteiger partial charge on any atom is 0.346 e. The summed E-state index contributed by atoms with van der Waals surface area (Å²) in [6.07, 6.45) is 0.506. The summed E-state index contributed by atoms with van der Waals surface area (Å²) < 4.78 is 4.35. The third-order valence-corrected chi connectivity index (χ3v) is 2.45. The van der Waals surface area contributed by atoms with Crippen molar-refractivity contribution >= 4 is 29.5 Å². The van der Waals surface area contributed by atoms with E-state index in [1.165, 1.54) is 12.1 Å². The average molecular weight is 262 g/mol. The molecule has 96 valence electrons. The topological polar surface area (TPSA) is 118 Å². The van der Waals surface area contributed by atoms with Gasteiger partial charge in [0.1, 0.15) is 0 Å². The molecule has 1 aliphatic rings. The molecule has 7 heteroatoms. The first-order valence-electron chi connectivity index (χ1n) is 4.99. The van der Waals surface area contributed by atoms with Gasteiger partial charge in [-0.2, -0.15) is 0 Å². The van der Waals surface area contributed by atoms with Crippen molar-refractivity contribution in [2.45, 2.75) is 0 Å². The molecule has 0 aromatic heterocycles. The van der Waals surface area contributed by atoms with Crippen LogP contribution in [0.4, 0.5) is 0 Å². The molecule has 0 amide bonds. The summed E-state index contributed by atoms with van der Waals surface area (Å²) in [5.74, 6) is -4.59. The number of carbonyl (C=O) groups is 4. The Morgan fingerprint density at radius 3 is 2.26 bits per heavy atom. The van der Waals surface area contributed by atoms with Crippen molar-refractivity contribution in [2.75, 3.05) is 0 Å². The SMILES string of the molecule is O=C(O)/C=C(\C(=O)O)c1ccc2c(c1)C(=O)OC2=O. The zero-order valence-electron chi connectivity index (χ0n) is 9.25. The van der Waals surface area contributed by atoms with Crippen molar-refractivity contribution in [3.8, 4) is 0 Å². The molecule has 1 aromatic rings. The smallest absolute Gasteiger partial charge is 0.346 e. The lowest BCUT2D eigenvalue weighted by Gasteiger charge is -2.02. The lowest BCUT2D eigenvalue weighted by atomic mass is 10.00. The van der Waals surface area contributed by atoms with E-state index in [0.717, 1.165) is 6.07 Å². The normalized spacial score (nSPS) is 14.0. The number of hydrogen-bond donors (Lipinski definition) is 2. The molecule has 0 saturated carbocycles. The van der Waals surface area contributed by atoms with Crippen molar-refractivity contribution in [2.24, 2.45) is 0 Å². The summed E-state index contributed by atoms with van der Waals surface area (Å²) in [4.78, 5) is 44.0. The molecule has 0 unspecified atom stereocenters. The number of esters is 2. The second-order valence-electron chi connectivity index (χ2n) is 3.64. The number of carboxylic acids is 2. The molecule has 0 aliphatic carbocycles. The highest BCUT2D eigenvalue weighted by Gasteiger charge is 2.30. The molecule has 19 heavy (non-hydrogen) atoms. The van der Waals surface area contributed by atoms with Gasteiger partial charge in [0.2, 0.25) is 0 Å². The maximum absolute atomic E-state index is 11.3. The van der Waals surface area contributed by atoms with Crippen LogP contribution >= 0.6 is 0 Å². The number of carboxylic acid groups (broad SMARTS) is 2.